The van der Waals surface area contributed by atoms with E-state index >= 15 is 0 Å². The van der Waals surface area contributed by atoms with E-state index in [1.54, 1.807) is 7.11 Å². The van der Waals surface area contributed by atoms with Crippen molar-refractivity contribution >= 4 is 34.2 Å². The van der Waals surface area contributed by atoms with Crippen LogP contribution in [0, 0.1) is 0 Å². The van der Waals surface area contributed by atoms with Gasteiger partial charge >= 0.3 is 0 Å². The zero-order chi connectivity index (χ0) is 10.8. The van der Waals surface area contributed by atoms with Gasteiger partial charge in [0.2, 0.25) is 5.91 Å². The maximum atomic E-state index is 11.6. The van der Waals surface area contributed by atoms with Crippen molar-refractivity contribution in [2.45, 2.75) is 16.8 Å². The normalized spacial score (nSPS) is 20.1. The first-order valence-electron chi connectivity index (χ1n) is 4.82. The van der Waals surface area contributed by atoms with Crippen molar-refractivity contribution < 1.29 is 9.53 Å². The van der Waals surface area contributed by atoms with Crippen LogP contribution in [0.25, 0.3) is 0 Å². The molecule has 0 saturated carbocycles. The fourth-order valence-corrected chi connectivity index (χ4v) is 2.11. The van der Waals surface area contributed by atoms with E-state index in [0.717, 1.165) is 24.3 Å². The van der Waals surface area contributed by atoms with Crippen molar-refractivity contribution in [3.05, 3.63) is 23.8 Å². The molecule has 1 N–H and O–H groups in total. The van der Waals surface area contributed by atoms with Gasteiger partial charge in [0, 0.05) is 11.8 Å². The fraction of sp³-hybridized carbons (Fsp3) is 0.364. The van der Waals surface area contributed by atoms with Crippen LogP contribution in [0.2, 0.25) is 0 Å². The first-order valence-corrected chi connectivity index (χ1v) is 6.07. The second kappa shape index (κ2) is 4.38. The Kier molecular flexibility index (Phi) is 3.14. The van der Waals surface area contributed by atoms with Gasteiger partial charge in [-0.1, -0.05) is 28.7 Å². The summed E-state index contributed by atoms with van der Waals surface area (Å²) in [6.07, 6.45) is 1.83. The predicted molar refractivity (Wildman–Crippen MR) is 67.8 cm³/mol. The van der Waals surface area contributed by atoms with Crippen molar-refractivity contribution in [2.24, 2.45) is 0 Å². The van der Waals surface area contributed by atoms with Crippen molar-refractivity contribution in [1.82, 2.24) is 0 Å². The lowest BCUT2D eigenvalue weighted by Crippen LogP contribution is -2.20. The molecule has 15 heavy (non-hydrogen) atoms. The maximum Gasteiger partial charge on any atom is 0.237 e. The summed E-state index contributed by atoms with van der Waals surface area (Å²) in [6.45, 7) is 0. The molecule has 1 aliphatic rings. The summed E-state index contributed by atoms with van der Waals surface area (Å²) < 4.78 is 5.19. The Morgan fingerprint density at radius 2 is 2.33 bits per heavy atom. The average molecular weight is 317 g/mol. The minimum atomic E-state index is 0.0565. The van der Waals surface area contributed by atoms with E-state index in [-0.39, 0.29) is 9.83 Å². The van der Waals surface area contributed by atoms with E-state index in [1.165, 1.54) is 5.56 Å². The topological polar surface area (TPSA) is 38.3 Å². The van der Waals surface area contributed by atoms with Crippen molar-refractivity contribution in [1.29, 1.82) is 0 Å². The lowest BCUT2D eigenvalue weighted by molar-refractivity contribution is -0.115. The van der Waals surface area contributed by atoms with Gasteiger partial charge in [-0.3, -0.25) is 4.79 Å². The molecule has 1 aromatic rings. The number of nitrogens with one attached hydrogen (secondary N) is 1. The highest BCUT2D eigenvalue weighted by atomic mass is 127. The van der Waals surface area contributed by atoms with E-state index in [0.29, 0.717) is 0 Å². The van der Waals surface area contributed by atoms with Gasteiger partial charge in [-0.25, -0.2) is 0 Å². The molecule has 0 bridgehead atoms. The molecule has 4 heteroatoms. The molecular formula is C11H12INO2. The number of amides is 1. The third-order valence-electron chi connectivity index (χ3n) is 2.53. The van der Waals surface area contributed by atoms with Crippen LogP contribution < -0.4 is 10.1 Å². The van der Waals surface area contributed by atoms with Gasteiger partial charge in [-0.2, -0.15) is 0 Å². The van der Waals surface area contributed by atoms with Crippen LogP contribution in [0.4, 0.5) is 5.69 Å². The first kappa shape index (κ1) is 10.7. The Labute approximate surface area is 102 Å². The molecule has 0 radical (unpaired) electrons. The number of anilines is 1. The van der Waals surface area contributed by atoms with E-state index in [9.17, 15) is 4.79 Å². The third kappa shape index (κ3) is 2.25. The van der Waals surface area contributed by atoms with E-state index in [4.69, 9.17) is 4.74 Å². The number of hydrogen-bond donors (Lipinski definition) is 1. The number of carbonyl (C=O) groups excluding carboxylic acids is 1. The summed E-state index contributed by atoms with van der Waals surface area (Å²) in [6, 6.07) is 5.82. The summed E-state index contributed by atoms with van der Waals surface area (Å²) in [4.78, 5) is 11.6. The molecule has 2 rings (SSSR count). The van der Waals surface area contributed by atoms with Crippen LogP contribution in [-0.2, 0) is 11.2 Å². The quantitative estimate of drug-likeness (QED) is 0.638. The Balaban J connectivity index is 2.35. The van der Waals surface area contributed by atoms with Crippen molar-refractivity contribution in [2.75, 3.05) is 12.4 Å². The molecular weight excluding hydrogens is 305 g/mol. The Morgan fingerprint density at radius 1 is 1.53 bits per heavy atom. The van der Waals surface area contributed by atoms with E-state index in [2.05, 4.69) is 27.9 Å². The second-order valence-electron chi connectivity index (χ2n) is 3.52. The minimum absolute atomic E-state index is 0.0565. The number of rotatable bonds is 1. The molecule has 1 aromatic carbocycles. The monoisotopic (exact) mass is 317 g/mol. The molecule has 1 amide bonds. The smallest absolute Gasteiger partial charge is 0.237 e. The number of aryl methyl sites for hydroxylation is 1. The Hall–Kier alpha value is -0.780. The molecule has 1 atom stereocenters. The van der Waals surface area contributed by atoms with Crippen LogP contribution in [0.1, 0.15) is 12.0 Å². The summed E-state index contributed by atoms with van der Waals surface area (Å²) in [5.41, 5.74) is 2.07. The second-order valence-corrected chi connectivity index (χ2v) is 5.02. The summed E-state index contributed by atoms with van der Waals surface area (Å²) in [5, 5.41) is 2.92. The highest BCUT2D eigenvalue weighted by Gasteiger charge is 2.20. The number of alkyl halides is 1. The number of fused-ring (bicyclic) bond motifs is 1. The molecule has 0 fully saturated rings. The third-order valence-corrected chi connectivity index (χ3v) is 3.72. The number of benzene rings is 1. The van der Waals surface area contributed by atoms with Gasteiger partial charge in [0.15, 0.2) is 0 Å². The molecule has 0 aliphatic carbocycles. The molecule has 1 aliphatic heterocycles. The van der Waals surface area contributed by atoms with Crippen LogP contribution >= 0.6 is 22.6 Å². The molecule has 0 spiro atoms. The molecule has 1 heterocycles. The molecule has 0 saturated heterocycles. The van der Waals surface area contributed by atoms with E-state index in [1.807, 2.05) is 18.2 Å². The van der Waals surface area contributed by atoms with E-state index < -0.39 is 0 Å². The predicted octanol–water partition coefficient (Wildman–Crippen LogP) is 2.38. The first-order chi connectivity index (χ1) is 7.20. The van der Waals surface area contributed by atoms with Gasteiger partial charge in [0.25, 0.3) is 0 Å². The largest absolute Gasteiger partial charge is 0.497 e. The number of carbonyl (C=O) groups is 1. The van der Waals surface area contributed by atoms with Gasteiger partial charge in [0.1, 0.15) is 5.75 Å². The number of ether oxygens (including phenoxy) is 1. The maximum absolute atomic E-state index is 11.6. The highest BCUT2D eigenvalue weighted by Crippen LogP contribution is 2.28. The standard InChI is InChI=1S/C11H12INO2/c1-15-8-4-2-7-3-5-9(12)11(14)13-10(7)6-8/h2,4,6,9H,3,5H2,1H3,(H,13,14). The zero-order valence-corrected chi connectivity index (χ0v) is 10.6. The van der Waals surface area contributed by atoms with Crippen molar-refractivity contribution in [3.8, 4) is 5.75 Å². The number of halogens is 1. The lowest BCUT2D eigenvalue weighted by atomic mass is 10.1. The molecule has 3 nitrogen and oxygen atoms in total. The molecule has 1 unspecified atom stereocenters. The summed E-state index contributed by atoms with van der Waals surface area (Å²) >= 11 is 2.18. The van der Waals surface area contributed by atoms with Crippen molar-refractivity contribution in [3.63, 3.8) is 0 Å². The minimum Gasteiger partial charge on any atom is -0.497 e. The average Bonchev–Trinajstić information content (AvgIpc) is 2.39. The highest BCUT2D eigenvalue weighted by molar-refractivity contribution is 14.1. The van der Waals surface area contributed by atoms with Crippen LogP contribution in [0.5, 0.6) is 5.75 Å². The Bertz CT molecular complexity index is 392. The molecule has 80 valence electrons. The number of methoxy groups -OCH3 is 1. The van der Waals surface area contributed by atoms with Gasteiger partial charge in [-0.05, 0) is 24.5 Å². The van der Waals surface area contributed by atoms with Gasteiger partial charge < -0.3 is 10.1 Å². The summed E-state index contributed by atoms with van der Waals surface area (Å²) in [7, 11) is 1.63. The fourth-order valence-electron chi connectivity index (χ4n) is 1.64. The van der Waals surface area contributed by atoms with Gasteiger partial charge in [0.05, 0.1) is 11.0 Å². The Morgan fingerprint density at radius 3 is 3.07 bits per heavy atom. The van der Waals surface area contributed by atoms with Gasteiger partial charge in [-0.15, -0.1) is 0 Å². The molecule has 0 aromatic heterocycles. The van der Waals surface area contributed by atoms with Crippen LogP contribution in [0.15, 0.2) is 18.2 Å². The zero-order valence-electron chi connectivity index (χ0n) is 8.42. The van der Waals surface area contributed by atoms with Crippen LogP contribution in [0.3, 0.4) is 0 Å². The lowest BCUT2D eigenvalue weighted by Gasteiger charge is -2.08. The summed E-state index contributed by atoms with van der Waals surface area (Å²) in [5.74, 6) is 0.864. The number of hydrogen-bond acceptors (Lipinski definition) is 2. The SMILES string of the molecule is COc1ccc2c(c1)NC(=O)C(I)CC2. The van der Waals surface area contributed by atoms with Crippen LogP contribution in [-0.4, -0.2) is 16.9 Å².